The fourth-order valence-corrected chi connectivity index (χ4v) is 2.53. The van der Waals surface area contributed by atoms with Crippen LogP contribution in [0.3, 0.4) is 0 Å². The van der Waals surface area contributed by atoms with Crippen molar-refractivity contribution in [3.8, 4) is 6.07 Å². The van der Waals surface area contributed by atoms with Gasteiger partial charge in [0.05, 0.1) is 12.5 Å². The lowest BCUT2D eigenvalue weighted by atomic mass is 10.1. The van der Waals surface area contributed by atoms with Crippen molar-refractivity contribution in [1.29, 1.82) is 5.26 Å². The van der Waals surface area contributed by atoms with E-state index < -0.39 is 0 Å². The van der Waals surface area contributed by atoms with E-state index in [1.54, 1.807) is 0 Å². The summed E-state index contributed by atoms with van der Waals surface area (Å²) in [4.78, 5) is 16.7. The van der Waals surface area contributed by atoms with Crippen molar-refractivity contribution < 1.29 is 4.79 Å². The van der Waals surface area contributed by atoms with Crippen LogP contribution in [0.15, 0.2) is 24.3 Å². The molecule has 0 radical (unpaired) electrons. The molecule has 0 N–H and O–H groups in total. The van der Waals surface area contributed by atoms with Crippen molar-refractivity contribution in [1.82, 2.24) is 9.80 Å². The topological polar surface area (TPSA) is 47.3 Å². The molecule has 0 unspecified atom stereocenters. The number of rotatable bonds is 4. The molecule has 1 aliphatic rings. The molecule has 4 nitrogen and oxygen atoms in total. The van der Waals surface area contributed by atoms with Crippen LogP contribution < -0.4 is 0 Å². The first-order chi connectivity index (χ1) is 9.74. The van der Waals surface area contributed by atoms with E-state index in [-0.39, 0.29) is 5.91 Å². The van der Waals surface area contributed by atoms with Crippen LogP contribution in [0.5, 0.6) is 0 Å². The van der Waals surface area contributed by atoms with Crippen molar-refractivity contribution in [3.63, 3.8) is 0 Å². The zero-order chi connectivity index (χ0) is 14.4. The Kier molecular flexibility index (Phi) is 5.14. The molecule has 0 saturated carbocycles. The first-order valence-electron chi connectivity index (χ1n) is 7.22. The van der Waals surface area contributed by atoms with Gasteiger partial charge in [-0.05, 0) is 30.7 Å². The monoisotopic (exact) mass is 271 g/mol. The zero-order valence-corrected chi connectivity index (χ0v) is 12.0. The Morgan fingerprint density at radius 3 is 2.40 bits per heavy atom. The quantitative estimate of drug-likeness (QED) is 0.840. The highest BCUT2D eigenvalue weighted by Gasteiger charge is 2.21. The molecule has 1 heterocycles. The number of piperazine rings is 1. The number of benzene rings is 1. The van der Waals surface area contributed by atoms with E-state index in [9.17, 15) is 4.79 Å². The van der Waals surface area contributed by atoms with Gasteiger partial charge in [-0.15, -0.1) is 0 Å². The zero-order valence-electron chi connectivity index (χ0n) is 12.0. The van der Waals surface area contributed by atoms with Gasteiger partial charge in [-0.2, -0.15) is 5.26 Å². The molecule has 0 spiro atoms. The Morgan fingerprint density at radius 2 is 1.85 bits per heavy atom. The van der Waals surface area contributed by atoms with Gasteiger partial charge in [0.2, 0.25) is 0 Å². The lowest BCUT2D eigenvalue weighted by Crippen LogP contribution is -2.48. The van der Waals surface area contributed by atoms with Crippen LogP contribution in [0.25, 0.3) is 0 Å². The van der Waals surface area contributed by atoms with E-state index >= 15 is 0 Å². The Labute approximate surface area is 120 Å². The van der Waals surface area contributed by atoms with Gasteiger partial charge < -0.3 is 4.90 Å². The van der Waals surface area contributed by atoms with E-state index in [1.165, 1.54) is 0 Å². The van der Waals surface area contributed by atoms with Gasteiger partial charge in [0.25, 0.3) is 5.91 Å². The third kappa shape index (κ3) is 3.58. The molecule has 1 aromatic carbocycles. The lowest BCUT2D eigenvalue weighted by Gasteiger charge is -2.34. The maximum absolute atomic E-state index is 12.4. The largest absolute Gasteiger partial charge is 0.336 e. The standard InChI is InChI=1S/C16H21N3O/c1-2-9-18-10-12-19(13-11-18)16(20)15-5-3-14(4-6-15)7-8-17/h3-6H,2,7,9-13H2,1H3. The third-order valence-corrected chi connectivity index (χ3v) is 3.68. The van der Waals surface area contributed by atoms with Crippen LogP contribution in [0, 0.1) is 11.3 Å². The van der Waals surface area contributed by atoms with Crippen LogP contribution in [0.4, 0.5) is 0 Å². The molecule has 1 amide bonds. The predicted octanol–water partition coefficient (Wildman–Crippen LogP) is 1.92. The van der Waals surface area contributed by atoms with Crippen LogP contribution >= 0.6 is 0 Å². The third-order valence-electron chi connectivity index (χ3n) is 3.68. The van der Waals surface area contributed by atoms with E-state index in [2.05, 4.69) is 17.9 Å². The number of carbonyl (C=O) groups is 1. The van der Waals surface area contributed by atoms with Gasteiger partial charge in [-0.1, -0.05) is 19.1 Å². The number of nitriles is 1. The molecule has 106 valence electrons. The van der Waals surface area contributed by atoms with Crippen LogP contribution in [0.2, 0.25) is 0 Å². The lowest BCUT2D eigenvalue weighted by molar-refractivity contribution is 0.0637. The van der Waals surface area contributed by atoms with E-state index in [0.29, 0.717) is 6.42 Å². The van der Waals surface area contributed by atoms with Crippen molar-refractivity contribution in [2.75, 3.05) is 32.7 Å². The Bertz CT molecular complexity index is 481. The molecular weight excluding hydrogens is 250 g/mol. The highest BCUT2D eigenvalue weighted by Crippen LogP contribution is 2.11. The molecule has 0 bridgehead atoms. The average Bonchev–Trinajstić information content (AvgIpc) is 2.49. The average molecular weight is 271 g/mol. The predicted molar refractivity (Wildman–Crippen MR) is 78.4 cm³/mol. The number of hydrogen-bond donors (Lipinski definition) is 0. The molecule has 1 aliphatic heterocycles. The number of nitrogens with zero attached hydrogens (tertiary/aromatic N) is 3. The Hall–Kier alpha value is -1.86. The molecule has 1 saturated heterocycles. The van der Waals surface area contributed by atoms with E-state index in [0.717, 1.165) is 50.3 Å². The van der Waals surface area contributed by atoms with Crippen molar-refractivity contribution in [3.05, 3.63) is 35.4 Å². The second-order valence-electron chi connectivity index (χ2n) is 5.17. The molecule has 4 heteroatoms. The maximum Gasteiger partial charge on any atom is 0.253 e. The Morgan fingerprint density at radius 1 is 1.20 bits per heavy atom. The molecule has 1 aromatic rings. The fraction of sp³-hybridized carbons (Fsp3) is 0.500. The number of amides is 1. The first-order valence-corrected chi connectivity index (χ1v) is 7.22. The highest BCUT2D eigenvalue weighted by atomic mass is 16.2. The summed E-state index contributed by atoms with van der Waals surface area (Å²) in [6.07, 6.45) is 1.55. The summed E-state index contributed by atoms with van der Waals surface area (Å²) in [5.41, 5.74) is 1.67. The van der Waals surface area contributed by atoms with Gasteiger partial charge in [0.15, 0.2) is 0 Å². The fourth-order valence-electron chi connectivity index (χ4n) is 2.53. The summed E-state index contributed by atoms with van der Waals surface area (Å²) in [5, 5.41) is 8.64. The van der Waals surface area contributed by atoms with Gasteiger partial charge in [-0.3, -0.25) is 9.69 Å². The van der Waals surface area contributed by atoms with Crippen LogP contribution in [-0.2, 0) is 6.42 Å². The van der Waals surface area contributed by atoms with Gasteiger partial charge in [0.1, 0.15) is 0 Å². The normalized spacial score (nSPS) is 15.9. The minimum Gasteiger partial charge on any atom is -0.336 e. The second kappa shape index (κ2) is 7.06. The minimum atomic E-state index is 0.102. The molecule has 20 heavy (non-hydrogen) atoms. The van der Waals surface area contributed by atoms with Crippen LogP contribution in [0.1, 0.15) is 29.3 Å². The summed E-state index contributed by atoms with van der Waals surface area (Å²) in [6.45, 7) is 6.83. The highest BCUT2D eigenvalue weighted by molar-refractivity contribution is 5.94. The van der Waals surface area contributed by atoms with Gasteiger partial charge in [0, 0.05) is 31.7 Å². The molecule has 2 rings (SSSR count). The van der Waals surface area contributed by atoms with Gasteiger partial charge in [-0.25, -0.2) is 0 Å². The summed E-state index contributed by atoms with van der Waals surface area (Å²) < 4.78 is 0. The number of hydrogen-bond acceptors (Lipinski definition) is 3. The van der Waals surface area contributed by atoms with Gasteiger partial charge >= 0.3 is 0 Å². The first kappa shape index (κ1) is 14.5. The summed E-state index contributed by atoms with van der Waals surface area (Å²) in [5.74, 6) is 0.102. The number of carbonyl (C=O) groups excluding carboxylic acids is 1. The second-order valence-corrected chi connectivity index (χ2v) is 5.17. The molecule has 0 aromatic heterocycles. The SMILES string of the molecule is CCCN1CCN(C(=O)c2ccc(CC#N)cc2)CC1. The summed E-state index contributed by atoms with van der Waals surface area (Å²) >= 11 is 0. The maximum atomic E-state index is 12.4. The smallest absolute Gasteiger partial charge is 0.253 e. The van der Waals surface area contributed by atoms with Crippen LogP contribution in [-0.4, -0.2) is 48.4 Å². The minimum absolute atomic E-state index is 0.102. The van der Waals surface area contributed by atoms with Crippen molar-refractivity contribution in [2.24, 2.45) is 0 Å². The van der Waals surface area contributed by atoms with E-state index in [1.807, 2.05) is 29.2 Å². The van der Waals surface area contributed by atoms with Crippen molar-refractivity contribution >= 4 is 5.91 Å². The van der Waals surface area contributed by atoms with E-state index in [4.69, 9.17) is 5.26 Å². The molecule has 0 atom stereocenters. The molecular formula is C16H21N3O. The molecule has 0 aliphatic carbocycles. The summed E-state index contributed by atoms with van der Waals surface area (Å²) in [6, 6.07) is 9.50. The summed E-state index contributed by atoms with van der Waals surface area (Å²) in [7, 11) is 0. The molecule has 1 fully saturated rings. The Balaban J connectivity index is 1.93. The van der Waals surface area contributed by atoms with Crippen molar-refractivity contribution in [2.45, 2.75) is 19.8 Å².